The van der Waals surface area contributed by atoms with Gasteiger partial charge >= 0.3 is 0 Å². The van der Waals surface area contributed by atoms with Gasteiger partial charge in [0, 0.05) is 176 Å². The van der Waals surface area contributed by atoms with E-state index in [-0.39, 0.29) is 0 Å². The van der Waals surface area contributed by atoms with Gasteiger partial charge in [-0.3, -0.25) is 9.80 Å². The molecule has 16 heteroatoms. The van der Waals surface area contributed by atoms with Crippen molar-refractivity contribution in [2.45, 2.75) is 221 Å². The van der Waals surface area contributed by atoms with Crippen molar-refractivity contribution in [3.8, 4) is 0 Å². The molecule has 14 nitrogen and oxygen atoms in total. The van der Waals surface area contributed by atoms with E-state index in [9.17, 15) is 8.78 Å². The SMILES string of the molecule is CC(C)C(C)N1CCOCC1.CC(C)CCCN1CCN(C)CC1.CC(C)CCN1CC(C)C1.CC(C)CCN1CC(F)C1.CC(C)CCN1CCC(F)C1.CC(C)CCN1CCCC1.CC(C)CCN1CCN(C)CC1.CC(C)CN1CCN(C)CC1.CC(C)CN1CCNCC1. The Labute approximate surface area is 611 Å². The molecule has 0 amide bonds. The Morgan fingerprint density at radius 3 is 1.02 bits per heavy atom. The lowest BCUT2D eigenvalue weighted by Gasteiger charge is -2.37. The lowest BCUT2D eigenvalue weighted by Crippen LogP contribution is -2.48. The molecule has 9 saturated heterocycles. The van der Waals surface area contributed by atoms with Gasteiger partial charge < -0.3 is 59.1 Å². The third-order valence-corrected chi connectivity index (χ3v) is 20.7. The molecule has 2 unspecified atom stereocenters. The minimum Gasteiger partial charge on any atom is -0.379 e. The monoisotopic (exact) mass is 1400 g/mol. The van der Waals surface area contributed by atoms with Crippen molar-refractivity contribution in [2.24, 2.45) is 59.2 Å². The molecule has 588 valence electrons. The van der Waals surface area contributed by atoms with Gasteiger partial charge in [0.05, 0.1) is 13.2 Å². The van der Waals surface area contributed by atoms with Crippen LogP contribution in [0, 0.1) is 59.2 Å². The van der Waals surface area contributed by atoms with Crippen LogP contribution in [-0.2, 0) is 4.74 Å². The Hall–Kier alpha value is -0.700. The van der Waals surface area contributed by atoms with Crippen LogP contribution in [0.1, 0.15) is 203 Å². The van der Waals surface area contributed by atoms with Gasteiger partial charge in [-0.15, -0.1) is 0 Å². The number of piperazine rings is 4. The number of rotatable bonds is 25. The van der Waals surface area contributed by atoms with Crippen LogP contribution in [0.15, 0.2) is 0 Å². The van der Waals surface area contributed by atoms with Gasteiger partial charge in [-0.25, -0.2) is 8.78 Å². The van der Waals surface area contributed by atoms with Crippen LogP contribution < -0.4 is 5.32 Å². The molecule has 0 aromatic rings. The Balaban J connectivity index is 0.000000552. The van der Waals surface area contributed by atoms with E-state index in [1.165, 1.54) is 228 Å². The first kappa shape index (κ1) is 95.3. The van der Waals surface area contributed by atoms with Crippen LogP contribution in [0.5, 0.6) is 0 Å². The fraction of sp³-hybridized carbons (Fsp3) is 1.00. The number of hydrogen-bond donors (Lipinski definition) is 1. The van der Waals surface area contributed by atoms with Crippen molar-refractivity contribution < 1.29 is 13.5 Å². The quantitative estimate of drug-likeness (QED) is 0.0944. The van der Waals surface area contributed by atoms with Crippen LogP contribution in [0.3, 0.4) is 0 Å². The number of ether oxygens (including phenoxy) is 1. The highest BCUT2D eigenvalue weighted by Crippen LogP contribution is 2.18. The summed E-state index contributed by atoms with van der Waals surface area (Å²) in [6.45, 7) is 87.8. The van der Waals surface area contributed by atoms with Crippen molar-refractivity contribution in [3.05, 3.63) is 0 Å². The van der Waals surface area contributed by atoms with E-state index in [0.717, 1.165) is 112 Å². The molecule has 0 aliphatic carbocycles. The third kappa shape index (κ3) is 54.8. The lowest BCUT2D eigenvalue weighted by molar-refractivity contribution is 0.0109. The Kier molecular flexibility index (Phi) is 56.9. The molecule has 9 fully saturated rings. The molecule has 2 atom stereocenters. The highest BCUT2D eigenvalue weighted by Gasteiger charge is 2.26. The molecule has 9 aliphatic rings. The second-order valence-electron chi connectivity index (χ2n) is 35.3. The van der Waals surface area contributed by atoms with E-state index in [4.69, 9.17) is 4.74 Å². The highest BCUT2D eigenvalue weighted by molar-refractivity contribution is 4.80. The largest absolute Gasteiger partial charge is 0.379 e. The number of nitrogens with zero attached hydrogens (tertiary/aromatic N) is 12. The van der Waals surface area contributed by atoms with Gasteiger partial charge in [-0.1, -0.05) is 132 Å². The Morgan fingerprint density at radius 2 is 0.673 bits per heavy atom. The summed E-state index contributed by atoms with van der Waals surface area (Å²) in [5.74, 6) is 8.32. The van der Waals surface area contributed by atoms with E-state index in [1.54, 1.807) is 0 Å². The molecule has 0 aromatic carbocycles. The molecule has 0 radical (unpaired) electrons. The first-order valence-electron chi connectivity index (χ1n) is 41.5. The van der Waals surface area contributed by atoms with Gasteiger partial charge in [0.25, 0.3) is 0 Å². The maximum atomic E-state index is 12.7. The summed E-state index contributed by atoms with van der Waals surface area (Å²) in [5.41, 5.74) is 0. The first-order chi connectivity index (χ1) is 46.4. The normalized spacial score (nSPS) is 22.5. The zero-order chi connectivity index (χ0) is 73.4. The second kappa shape index (κ2) is 58.5. The number of hydrogen-bond acceptors (Lipinski definition) is 14. The van der Waals surface area contributed by atoms with Gasteiger partial charge in [-0.05, 0) is 204 Å². The molecule has 0 spiro atoms. The van der Waals surface area contributed by atoms with E-state index in [0.29, 0.717) is 25.7 Å². The van der Waals surface area contributed by atoms with Gasteiger partial charge in [0.2, 0.25) is 0 Å². The third-order valence-electron chi connectivity index (χ3n) is 20.7. The molecule has 9 heterocycles. The summed E-state index contributed by atoms with van der Waals surface area (Å²) in [6, 6.07) is 0.707. The molecular formula is C82H175F2N13O. The maximum absolute atomic E-state index is 12.7. The van der Waals surface area contributed by atoms with Gasteiger partial charge in [0.1, 0.15) is 12.3 Å². The predicted molar refractivity (Wildman–Crippen MR) is 427 cm³/mol. The van der Waals surface area contributed by atoms with Crippen molar-refractivity contribution in [3.63, 3.8) is 0 Å². The smallest absolute Gasteiger partial charge is 0.125 e. The predicted octanol–water partition coefficient (Wildman–Crippen LogP) is 13.6. The van der Waals surface area contributed by atoms with E-state index in [2.05, 4.69) is 224 Å². The topological polar surface area (TPSA) is 60.1 Å². The van der Waals surface area contributed by atoms with Gasteiger partial charge in [0.15, 0.2) is 0 Å². The lowest BCUT2D eigenvalue weighted by atomic mass is 10.0. The number of likely N-dealkylation sites (tertiary alicyclic amines) is 4. The Bertz CT molecular complexity index is 1690. The van der Waals surface area contributed by atoms with Crippen LogP contribution in [0.4, 0.5) is 8.78 Å². The number of alkyl halides is 2. The minimum absolute atomic E-state index is 0.535. The molecule has 9 aliphatic heterocycles. The molecular weight excluding hydrogens is 1220 g/mol. The average Bonchev–Trinajstić information content (AvgIpc) is 2.11. The average molecular weight is 1400 g/mol. The minimum atomic E-state index is -0.554. The molecule has 98 heavy (non-hydrogen) atoms. The van der Waals surface area contributed by atoms with E-state index in [1.807, 2.05) is 0 Å². The summed E-state index contributed by atoms with van der Waals surface area (Å²) in [6.07, 6.45) is 11.8. The number of halogens is 2. The molecule has 1 N–H and O–H groups in total. The molecule has 0 aromatic heterocycles. The van der Waals surface area contributed by atoms with Crippen LogP contribution in [0.25, 0.3) is 0 Å². The summed E-state index contributed by atoms with van der Waals surface area (Å²) < 4.78 is 30.2. The number of likely N-dealkylation sites (N-methyl/N-ethyl adjacent to an activating group) is 3. The first-order valence-corrected chi connectivity index (χ1v) is 41.5. The standard InChI is InChI=1S/C11H24N2.C10H22N2.C9H18FN.C9H20N2.C9H19NO.2C9H19N.C8H16FN.C8H18N2/c1-11(2)5-4-6-13-9-7-12(3)8-10-13;1-10(2)4-5-12-8-6-11(3)7-9-12;1-8(2)3-5-11-6-4-9(10)7-11;1-9(2)8-11-6-4-10(3)5-7-11;1-8(2)9(3)10-4-6-11-7-5-10;1-8(2)4-5-10-6-9(3)7-10;1-9(2)5-8-10-6-3-4-7-10;1-7(2)3-4-10-5-8(9)6-10;1-8(2)7-10-5-3-9-4-6-10/h11H,4-10H2,1-3H3;10H,4-9H2,1-3H3;8-9H,3-7H2,1-2H3;9H,4-8H2,1-3H3;8-9H,4-7H2,1-3H3;8-9H,4-7H2,1-3H3;9H,3-8H2,1-2H3;7-8H,3-6H2,1-2H3;8-9H,3-7H2,1-2H3. The van der Waals surface area contributed by atoms with E-state index < -0.39 is 12.3 Å². The van der Waals surface area contributed by atoms with Crippen molar-refractivity contribution in [1.29, 1.82) is 0 Å². The Morgan fingerprint density at radius 1 is 0.337 bits per heavy atom. The summed E-state index contributed by atoms with van der Waals surface area (Å²) >= 11 is 0. The zero-order valence-corrected chi connectivity index (χ0v) is 70.1. The second-order valence-corrected chi connectivity index (χ2v) is 35.3. The fourth-order valence-electron chi connectivity index (χ4n) is 13.1. The summed E-state index contributed by atoms with van der Waals surface area (Å²) in [4.78, 5) is 29.5. The maximum Gasteiger partial charge on any atom is 0.125 e. The fourth-order valence-corrected chi connectivity index (χ4v) is 13.1. The van der Waals surface area contributed by atoms with Crippen LogP contribution >= 0.6 is 0 Å². The molecule has 9 rings (SSSR count). The molecule has 0 saturated carbocycles. The molecule has 0 bridgehead atoms. The van der Waals surface area contributed by atoms with Crippen molar-refractivity contribution >= 4 is 0 Å². The summed E-state index contributed by atoms with van der Waals surface area (Å²) in [5, 5.41) is 3.35. The zero-order valence-electron chi connectivity index (χ0n) is 70.1. The van der Waals surface area contributed by atoms with Crippen LogP contribution in [-0.4, -0.2) is 334 Å². The summed E-state index contributed by atoms with van der Waals surface area (Å²) in [7, 11) is 6.62. The van der Waals surface area contributed by atoms with Gasteiger partial charge in [-0.2, -0.15) is 0 Å². The van der Waals surface area contributed by atoms with E-state index >= 15 is 0 Å². The van der Waals surface area contributed by atoms with Crippen molar-refractivity contribution in [2.75, 3.05) is 257 Å². The number of nitrogens with one attached hydrogen (secondary N) is 1. The van der Waals surface area contributed by atoms with Crippen molar-refractivity contribution in [1.82, 2.24) is 64.1 Å². The van der Waals surface area contributed by atoms with Crippen LogP contribution in [0.2, 0.25) is 0 Å². The highest BCUT2D eigenvalue weighted by atomic mass is 19.1. The number of morpholine rings is 1.